The maximum atomic E-state index is 11.7. The summed E-state index contributed by atoms with van der Waals surface area (Å²) in [5, 5.41) is 10.5. The summed E-state index contributed by atoms with van der Waals surface area (Å²) in [7, 11) is 1.37. The number of carbonyl (C=O) groups excluding carboxylic acids is 1. The second-order valence-corrected chi connectivity index (χ2v) is 6.87. The number of benzene rings is 1. The van der Waals surface area contributed by atoms with Crippen LogP contribution in [0.4, 0.5) is 0 Å². The van der Waals surface area contributed by atoms with Crippen LogP contribution in [-0.2, 0) is 25.7 Å². The predicted molar refractivity (Wildman–Crippen MR) is 97.8 cm³/mol. The van der Waals surface area contributed by atoms with E-state index < -0.39 is 17.4 Å². The van der Waals surface area contributed by atoms with Crippen LogP contribution in [0.25, 0.3) is 0 Å². The SMILES string of the molecule is COC1=C(OCc2ccc(Cl)cc2Cl)C(CC=O)=CC(C)(C(=O)O)C1N. The fourth-order valence-electron chi connectivity index (χ4n) is 2.70. The largest absolute Gasteiger partial charge is 0.495 e. The van der Waals surface area contributed by atoms with E-state index in [9.17, 15) is 14.7 Å². The molecule has 8 heteroatoms. The molecule has 0 saturated carbocycles. The normalized spacial score (nSPS) is 22.7. The minimum Gasteiger partial charge on any atom is -0.495 e. The molecule has 0 saturated heterocycles. The van der Waals surface area contributed by atoms with Crippen molar-refractivity contribution in [3.63, 3.8) is 0 Å². The number of rotatable bonds is 7. The number of methoxy groups -OCH3 is 1. The van der Waals surface area contributed by atoms with E-state index in [1.165, 1.54) is 20.1 Å². The maximum absolute atomic E-state index is 11.7. The summed E-state index contributed by atoms with van der Waals surface area (Å²) < 4.78 is 11.2. The number of nitrogens with two attached hydrogens (primary N) is 1. The smallest absolute Gasteiger partial charge is 0.315 e. The van der Waals surface area contributed by atoms with Gasteiger partial charge in [-0.2, -0.15) is 0 Å². The van der Waals surface area contributed by atoms with Crippen molar-refractivity contribution >= 4 is 35.5 Å². The molecule has 0 bridgehead atoms. The Morgan fingerprint density at radius 1 is 1.42 bits per heavy atom. The fourth-order valence-corrected chi connectivity index (χ4v) is 3.16. The number of aldehydes is 1. The first-order valence-electron chi connectivity index (χ1n) is 7.74. The van der Waals surface area contributed by atoms with Gasteiger partial charge in [-0.15, -0.1) is 0 Å². The predicted octanol–water partition coefficient (Wildman–Crippen LogP) is 3.32. The molecule has 0 spiro atoms. The van der Waals surface area contributed by atoms with Crippen molar-refractivity contribution in [2.75, 3.05) is 7.11 Å². The Hall–Kier alpha value is -2.02. The van der Waals surface area contributed by atoms with Gasteiger partial charge in [0.25, 0.3) is 0 Å². The monoisotopic (exact) mass is 399 g/mol. The quantitative estimate of drug-likeness (QED) is 0.682. The lowest BCUT2D eigenvalue weighted by Crippen LogP contribution is -2.48. The molecular weight excluding hydrogens is 381 g/mol. The summed E-state index contributed by atoms with van der Waals surface area (Å²) in [4.78, 5) is 22.8. The molecule has 2 rings (SSSR count). The first-order chi connectivity index (χ1) is 12.2. The molecule has 0 radical (unpaired) electrons. The third-order valence-electron chi connectivity index (χ3n) is 4.29. The number of carbonyl (C=O) groups is 2. The average Bonchev–Trinajstić information content (AvgIpc) is 2.58. The van der Waals surface area contributed by atoms with E-state index in [-0.39, 0.29) is 24.5 Å². The topological polar surface area (TPSA) is 98.8 Å². The average molecular weight is 400 g/mol. The van der Waals surface area contributed by atoms with Gasteiger partial charge in [0.1, 0.15) is 18.3 Å². The summed E-state index contributed by atoms with van der Waals surface area (Å²) in [6.45, 7) is 1.54. The Balaban J connectivity index is 2.40. The molecule has 26 heavy (non-hydrogen) atoms. The minimum atomic E-state index is -1.42. The molecule has 1 aromatic rings. The molecule has 0 amide bonds. The zero-order valence-corrected chi connectivity index (χ0v) is 15.8. The lowest BCUT2D eigenvalue weighted by Gasteiger charge is -2.35. The number of ether oxygens (including phenoxy) is 2. The molecule has 6 nitrogen and oxygen atoms in total. The number of hydrogen-bond donors (Lipinski definition) is 2. The highest BCUT2D eigenvalue weighted by molar-refractivity contribution is 6.35. The van der Waals surface area contributed by atoms with Crippen LogP contribution in [0.1, 0.15) is 18.9 Å². The second-order valence-electron chi connectivity index (χ2n) is 6.03. The summed E-state index contributed by atoms with van der Waals surface area (Å²) >= 11 is 12.0. The molecule has 3 N–H and O–H groups in total. The van der Waals surface area contributed by atoms with E-state index in [2.05, 4.69) is 0 Å². The Bertz CT molecular complexity index is 790. The number of allylic oxidation sites excluding steroid dienone is 1. The van der Waals surface area contributed by atoms with Gasteiger partial charge in [-0.05, 0) is 19.1 Å². The highest BCUT2D eigenvalue weighted by atomic mass is 35.5. The Labute approximate surface area is 161 Å². The minimum absolute atomic E-state index is 0.0356. The maximum Gasteiger partial charge on any atom is 0.315 e. The van der Waals surface area contributed by atoms with Crippen LogP contribution in [0, 0.1) is 5.41 Å². The van der Waals surface area contributed by atoms with Crippen LogP contribution in [0.15, 0.2) is 41.4 Å². The van der Waals surface area contributed by atoms with Gasteiger partial charge in [0.15, 0.2) is 11.5 Å². The van der Waals surface area contributed by atoms with Gasteiger partial charge in [0.2, 0.25) is 0 Å². The zero-order valence-electron chi connectivity index (χ0n) is 14.3. The second kappa shape index (κ2) is 8.12. The first-order valence-corrected chi connectivity index (χ1v) is 8.49. The van der Waals surface area contributed by atoms with Crippen molar-refractivity contribution in [3.05, 3.63) is 57.0 Å². The molecule has 140 valence electrons. The molecular formula is C18H19Cl2NO5. The van der Waals surface area contributed by atoms with Gasteiger partial charge in [-0.3, -0.25) is 4.79 Å². The number of aliphatic carboxylic acids is 1. The third kappa shape index (κ3) is 3.87. The van der Waals surface area contributed by atoms with Crippen molar-refractivity contribution in [1.82, 2.24) is 0 Å². The van der Waals surface area contributed by atoms with E-state index >= 15 is 0 Å². The standard InChI is InChI=1S/C18H19Cl2NO5/c1-18(17(23)24)8-10(5-6-22)14(15(25-2)16(18)21)26-9-11-3-4-12(19)7-13(11)20/h3-4,6-8,16H,5,9,21H2,1-2H3,(H,23,24). The van der Waals surface area contributed by atoms with Crippen LogP contribution in [0.3, 0.4) is 0 Å². The molecule has 0 heterocycles. The molecule has 1 aromatic carbocycles. The van der Waals surface area contributed by atoms with Crippen molar-refractivity contribution < 1.29 is 24.2 Å². The summed E-state index contributed by atoms with van der Waals surface area (Å²) in [6.07, 6.45) is 2.07. The van der Waals surface area contributed by atoms with Crippen molar-refractivity contribution in [3.8, 4) is 0 Å². The van der Waals surface area contributed by atoms with Crippen LogP contribution in [0.5, 0.6) is 0 Å². The lowest BCUT2D eigenvalue weighted by molar-refractivity contribution is -0.146. The van der Waals surface area contributed by atoms with Crippen LogP contribution < -0.4 is 5.73 Å². The zero-order chi connectivity index (χ0) is 19.5. The molecule has 1 aliphatic carbocycles. The molecule has 2 atom stereocenters. The van der Waals surface area contributed by atoms with Crippen LogP contribution in [-0.4, -0.2) is 30.5 Å². The van der Waals surface area contributed by atoms with Crippen molar-refractivity contribution in [2.24, 2.45) is 11.1 Å². The molecule has 1 aliphatic rings. The molecule has 0 aromatic heterocycles. The Morgan fingerprint density at radius 3 is 2.65 bits per heavy atom. The Kier molecular flexibility index (Phi) is 6.34. The summed E-state index contributed by atoms with van der Waals surface area (Å²) in [6, 6.07) is 4.00. The van der Waals surface area contributed by atoms with Gasteiger partial charge in [-0.1, -0.05) is 35.3 Å². The summed E-state index contributed by atoms with van der Waals surface area (Å²) in [5.41, 5.74) is 5.76. The molecule has 0 aliphatic heterocycles. The van der Waals surface area contributed by atoms with E-state index in [1.54, 1.807) is 18.2 Å². The van der Waals surface area contributed by atoms with Gasteiger partial charge in [0, 0.05) is 27.6 Å². The number of halogens is 2. The highest BCUT2D eigenvalue weighted by Gasteiger charge is 2.45. The van der Waals surface area contributed by atoms with E-state index in [1.807, 2.05) is 0 Å². The molecule has 2 unspecified atom stereocenters. The van der Waals surface area contributed by atoms with Crippen LogP contribution in [0.2, 0.25) is 10.0 Å². The van der Waals surface area contributed by atoms with Gasteiger partial charge < -0.3 is 25.1 Å². The first kappa shape index (κ1) is 20.3. The lowest BCUT2D eigenvalue weighted by atomic mass is 9.75. The van der Waals surface area contributed by atoms with Gasteiger partial charge in [0.05, 0.1) is 13.2 Å². The molecule has 0 fully saturated rings. The van der Waals surface area contributed by atoms with Crippen molar-refractivity contribution in [1.29, 1.82) is 0 Å². The Morgan fingerprint density at radius 2 is 2.12 bits per heavy atom. The van der Waals surface area contributed by atoms with Crippen molar-refractivity contribution in [2.45, 2.75) is 26.0 Å². The van der Waals surface area contributed by atoms with E-state index in [4.69, 9.17) is 38.4 Å². The highest BCUT2D eigenvalue weighted by Crippen LogP contribution is 2.39. The fraction of sp³-hybridized carbons (Fsp3) is 0.333. The number of carboxylic acids is 1. The third-order valence-corrected chi connectivity index (χ3v) is 4.88. The van der Waals surface area contributed by atoms with E-state index in [0.717, 1.165) is 0 Å². The van der Waals surface area contributed by atoms with Crippen LogP contribution >= 0.6 is 23.2 Å². The number of carboxylic acid groups (broad SMARTS) is 1. The van der Waals surface area contributed by atoms with E-state index in [0.29, 0.717) is 27.5 Å². The summed E-state index contributed by atoms with van der Waals surface area (Å²) in [5.74, 6) is -0.709. The number of hydrogen-bond acceptors (Lipinski definition) is 5. The van der Waals surface area contributed by atoms with Gasteiger partial charge >= 0.3 is 5.97 Å². The van der Waals surface area contributed by atoms with Gasteiger partial charge in [-0.25, -0.2) is 0 Å².